The van der Waals surface area contributed by atoms with Crippen LogP contribution in [0, 0.1) is 6.92 Å². The number of hydrogen-bond donors (Lipinski definition) is 1. The van der Waals surface area contributed by atoms with Gasteiger partial charge in [0.15, 0.2) is 12.3 Å². The standard InChI is InChI=1S/C23H24N2O4/c1-4-17-10-12-18(13-11-17)15(2)24-20(26)14-28-23(27)21-16(3)29-22(25-21)19-8-6-5-7-9-19/h5-13,15H,4,14H2,1-3H3,(H,24,26)/t15-/m1/s1. The Morgan fingerprint density at radius 1 is 1.10 bits per heavy atom. The average Bonchev–Trinajstić information content (AvgIpc) is 3.14. The number of carbonyl (C=O) groups is 2. The summed E-state index contributed by atoms with van der Waals surface area (Å²) >= 11 is 0. The Kier molecular flexibility index (Phi) is 6.44. The molecule has 2 aromatic carbocycles. The molecule has 1 N–H and O–H groups in total. The molecule has 0 saturated carbocycles. The highest BCUT2D eigenvalue weighted by Gasteiger charge is 2.20. The number of hydrogen-bond acceptors (Lipinski definition) is 5. The number of carbonyl (C=O) groups excluding carboxylic acids is 2. The van der Waals surface area contributed by atoms with E-state index in [0.717, 1.165) is 17.5 Å². The van der Waals surface area contributed by atoms with E-state index in [-0.39, 0.29) is 24.2 Å². The van der Waals surface area contributed by atoms with Gasteiger partial charge >= 0.3 is 5.97 Å². The van der Waals surface area contributed by atoms with Crippen molar-refractivity contribution in [2.45, 2.75) is 33.2 Å². The van der Waals surface area contributed by atoms with Crippen LogP contribution in [0.15, 0.2) is 59.0 Å². The Bertz CT molecular complexity index is 978. The molecule has 0 spiro atoms. The first kappa shape index (κ1) is 20.3. The first-order chi connectivity index (χ1) is 14.0. The maximum atomic E-state index is 12.3. The molecule has 3 rings (SSSR count). The molecule has 1 amide bonds. The molecule has 3 aromatic rings. The van der Waals surface area contributed by atoms with Gasteiger partial charge < -0.3 is 14.5 Å². The zero-order valence-electron chi connectivity index (χ0n) is 16.8. The second-order valence-corrected chi connectivity index (χ2v) is 6.75. The third kappa shape index (κ3) is 5.10. The van der Waals surface area contributed by atoms with Crippen molar-refractivity contribution in [3.63, 3.8) is 0 Å². The summed E-state index contributed by atoms with van der Waals surface area (Å²) < 4.78 is 10.7. The van der Waals surface area contributed by atoms with E-state index in [1.165, 1.54) is 5.56 Å². The minimum atomic E-state index is -0.691. The fraction of sp³-hybridized carbons (Fsp3) is 0.261. The van der Waals surface area contributed by atoms with Gasteiger partial charge in [-0.1, -0.05) is 49.4 Å². The molecule has 6 heteroatoms. The number of nitrogens with one attached hydrogen (secondary N) is 1. The number of nitrogens with zero attached hydrogens (tertiary/aromatic N) is 1. The molecule has 6 nitrogen and oxygen atoms in total. The van der Waals surface area contributed by atoms with Gasteiger partial charge in [0.1, 0.15) is 5.76 Å². The van der Waals surface area contributed by atoms with E-state index in [9.17, 15) is 9.59 Å². The number of benzene rings is 2. The van der Waals surface area contributed by atoms with Crippen molar-refractivity contribution >= 4 is 11.9 Å². The molecule has 0 aliphatic carbocycles. The predicted octanol–water partition coefficient (Wildman–Crippen LogP) is 4.25. The topological polar surface area (TPSA) is 81.4 Å². The Balaban J connectivity index is 1.56. The van der Waals surface area contributed by atoms with Crippen molar-refractivity contribution in [2.24, 2.45) is 0 Å². The van der Waals surface area contributed by atoms with E-state index in [2.05, 4.69) is 17.2 Å². The van der Waals surface area contributed by atoms with Gasteiger partial charge in [0.05, 0.1) is 6.04 Å². The first-order valence-electron chi connectivity index (χ1n) is 9.56. The molecule has 0 aliphatic heterocycles. The summed E-state index contributed by atoms with van der Waals surface area (Å²) in [4.78, 5) is 28.7. The molecule has 1 aromatic heterocycles. The Morgan fingerprint density at radius 3 is 2.45 bits per heavy atom. The number of oxazole rings is 1. The van der Waals surface area contributed by atoms with Gasteiger partial charge in [0.25, 0.3) is 5.91 Å². The van der Waals surface area contributed by atoms with Crippen molar-refractivity contribution in [3.8, 4) is 11.5 Å². The largest absolute Gasteiger partial charge is 0.451 e. The molecule has 0 aliphatic rings. The maximum absolute atomic E-state index is 12.3. The third-order valence-electron chi connectivity index (χ3n) is 4.61. The highest BCUT2D eigenvalue weighted by atomic mass is 16.5. The smallest absolute Gasteiger partial charge is 0.361 e. The molecule has 0 radical (unpaired) electrons. The highest BCUT2D eigenvalue weighted by Crippen LogP contribution is 2.21. The second kappa shape index (κ2) is 9.19. The van der Waals surface area contributed by atoms with Gasteiger partial charge in [0, 0.05) is 5.56 Å². The lowest BCUT2D eigenvalue weighted by molar-refractivity contribution is -0.124. The van der Waals surface area contributed by atoms with Crippen LogP contribution in [-0.4, -0.2) is 23.5 Å². The van der Waals surface area contributed by atoms with E-state index in [1.807, 2.05) is 61.5 Å². The van der Waals surface area contributed by atoms with Gasteiger partial charge in [-0.3, -0.25) is 4.79 Å². The fourth-order valence-electron chi connectivity index (χ4n) is 2.90. The van der Waals surface area contributed by atoms with Crippen molar-refractivity contribution in [1.82, 2.24) is 10.3 Å². The van der Waals surface area contributed by atoms with Crippen molar-refractivity contribution in [3.05, 3.63) is 77.2 Å². The summed E-state index contributed by atoms with van der Waals surface area (Å²) in [6, 6.07) is 17.1. The van der Waals surface area contributed by atoms with Gasteiger partial charge in [-0.05, 0) is 43.5 Å². The summed E-state index contributed by atoms with van der Waals surface area (Å²) in [6.07, 6.45) is 0.963. The minimum Gasteiger partial charge on any atom is -0.451 e. The normalized spacial score (nSPS) is 11.7. The molecule has 1 atom stereocenters. The van der Waals surface area contributed by atoms with Crippen LogP contribution < -0.4 is 5.32 Å². The molecule has 0 unspecified atom stereocenters. The molecule has 150 valence electrons. The summed E-state index contributed by atoms with van der Waals surface area (Å²) in [5.74, 6) is -0.388. The molecule has 1 heterocycles. The maximum Gasteiger partial charge on any atom is 0.361 e. The van der Waals surface area contributed by atoms with E-state index in [4.69, 9.17) is 9.15 Å². The third-order valence-corrected chi connectivity index (χ3v) is 4.61. The Hall–Kier alpha value is -3.41. The number of ether oxygens (including phenoxy) is 1. The van der Waals surface area contributed by atoms with Gasteiger partial charge in [-0.25, -0.2) is 9.78 Å². The van der Waals surface area contributed by atoms with Crippen LogP contribution in [0.1, 0.15) is 47.3 Å². The number of aryl methyl sites for hydroxylation is 2. The molecular formula is C23H24N2O4. The Morgan fingerprint density at radius 2 is 1.79 bits per heavy atom. The SMILES string of the molecule is CCc1ccc([C@@H](C)NC(=O)COC(=O)c2nc(-c3ccccc3)oc2C)cc1. The molecule has 0 fully saturated rings. The number of esters is 1. The number of aromatic nitrogens is 1. The zero-order chi connectivity index (χ0) is 20.8. The quantitative estimate of drug-likeness (QED) is 0.608. The van der Waals surface area contributed by atoms with E-state index in [0.29, 0.717) is 11.7 Å². The van der Waals surface area contributed by atoms with Crippen molar-refractivity contribution < 1.29 is 18.7 Å². The van der Waals surface area contributed by atoms with Crippen LogP contribution in [0.4, 0.5) is 0 Å². The Labute approximate surface area is 169 Å². The number of amides is 1. The lowest BCUT2D eigenvalue weighted by Gasteiger charge is -2.14. The summed E-state index contributed by atoms with van der Waals surface area (Å²) in [6.45, 7) is 5.23. The van der Waals surface area contributed by atoms with Crippen LogP contribution >= 0.6 is 0 Å². The summed E-state index contributed by atoms with van der Waals surface area (Å²) in [5.41, 5.74) is 3.05. The lowest BCUT2D eigenvalue weighted by atomic mass is 10.1. The monoisotopic (exact) mass is 392 g/mol. The molecular weight excluding hydrogens is 368 g/mol. The molecule has 29 heavy (non-hydrogen) atoms. The first-order valence-corrected chi connectivity index (χ1v) is 9.56. The van der Waals surface area contributed by atoms with Crippen LogP contribution in [0.5, 0.6) is 0 Å². The highest BCUT2D eigenvalue weighted by molar-refractivity contribution is 5.91. The second-order valence-electron chi connectivity index (χ2n) is 6.75. The van der Waals surface area contributed by atoms with Gasteiger partial charge in [0.2, 0.25) is 5.89 Å². The van der Waals surface area contributed by atoms with Crippen molar-refractivity contribution in [2.75, 3.05) is 6.61 Å². The minimum absolute atomic E-state index is 0.0693. The van der Waals surface area contributed by atoms with Crippen LogP contribution in [0.3, 0.4) is 0 Å². The van der Waals surface area contributed by atoms with Gasteiger partial charge in [-0.2, -0.15) is 0 Å². The predicted molar refractivity (Wildman–Crippen MR) is 109 cm³/mol. The van der Waals surface area contributed by atoms with E-state index in [1.54, 1.807) is 6.92 Å². The van der Waals surface area contributed by atoms with Crippen LogP contribution in [-0.2, 0) is 16.0 Å². The van der Waals surface area contributed by atoms with E-state index < -0.39 is 5.97 Å². The zero-order valence-corrected chi connectivity index (χ0v) is 16.8. The number of rotatable bonds is 7. The van der Waals surface area contributed by atoms with Gasteiger partial charge in [-0.15, -0.1) is 0 Å². The van der Waals surface area contributed by atoms with Crippen LogP contribution in [0.25, 0.3) is 11.5 Å². The van der Waals surface area contributed by atoms with E-state index >= 15 is 0 Å². The van der Waals surface area contributed by atoms with Crippen LogP contribution in [0.2, 0.25) is 0 Å². The lowest BCUT2D eigenvalue weighted by Crippen LogP contribution is -2.31. The van der Waals surface area contributed by atoms with Crippen molar-refractivity contribution in [1.29, 1.82) is 0 Å². The molecule has 0 bridgehead atoms. The summed E-state index contributed by atoms with van der Waals surface area (Å²) in [7, 11) is 0. The molecule has 0 saturated heterocycles. The summed E-state index contributed by atoms with van der Waals surface area (Å²) in [5, 5.41) is 2.83. The fourth-order valence-corrected chi connectivity index (χ4v) is 2.90. The average molecular weight is 392 g/mol.